The lowest BCUT2D eigenvalue weighted by molar-refractivity contribution is -0.00128. The molecule has 1 saturated carbocycles. The minimum atomic E-state index is -0.491. The number of hydrogen-bond donors (Lipinski definition) is 2. The largest absolute Gasteiger partial charge is 0.393 e. The van der Waals surface area contributed by atoms with Gasteiger partial charge in [0.05, 0.1) is 6.10 Å². The molecule has 5 heteroatoms. The molecule has 1 aliphatic heterocycles. The maximum Gasteiger partial charge on any atom is 0.254 e. The summed E-state index contributed by atoms with van der Waals surface area (Å²) in [6.45, 7) is 0.740. The van der Waals surface area contributed by atoms with Crippen molar-refractivity contribution in [1.82, 2.24) is 4.90 Å². The molecule has 0 radical (unpaired) electrons. The SMILES string of the molecule is NC(=O)c1ccc(C(=O)N2CCCC[C@@H]2[C@H]2CCCC[C@@H]2O)cc1. The first-order valence-corrected chi connectivity index (χ1v) is 8.97. The Morgan fingerprint density at radius 1 is 0.958 bits per heavy atom. The second-order valence-electron chi connectivity index (χ2n) is 7.02. The quantitative estimate of drug-likeness (QED) is 0.892. The highest BCUT2D eigenvalue weighted by Crippen LogP contribution is 2.34. The van der Waals surface area contributed by atoms with Crippen LogP contribution in [0.4, 0.5) is 0 Å². The summed E-state index contributed by atoms with van der Waals surface area (Å²) in [6.07, 6.45) is 6.83. The highest BCUT2D eigenvalue weighted by Gasteiger charge is 2.37. The van der Waals surface area contributed by atoms with Crippen LogP contribution in [0.2, 0.25) is 0 Å². The van der Waals surface area contributed by atoms with Gasteiger partial charge in [0.1, 0.15) is 0 Å². The van der Waals surface area contributed by atoms with Crippen LogP contribution in [0.25, 0.3) is 0 Å². The zero-order chi connectivity index (χ0) is 17.1. The Morgan fingerprint density at radius 2 is 1.58 bits per heavy atom. The smallest absolute Gasteiger partial charge is 0.254 e. The van der Waals surface area contributed by atoms with Crippen molar-refractivity contribution in [3.05, 3.63) is 35.4 Å². The van der Waals surface area contributed by atoms with Gasteiger partial charge in [0.2, 0.25) is 5.91 Å². The van der Waals surface area contributed by atoms with Gasteiger partial charge in [0.25, 0.3) is 5.91 Å². The van der Waals surface area contributed by atoms with Crippen molar-refractivity contribution in [3.63, 3.8) is 0 Å². The molecule has 1 saturated heterocycles. The maximum atomic E-state index is 13.0. The van der Waals surface area contributed by atoms with Crippen LogP contribution < -0.4 is 5.73 Å². The Bertz CT molecular complexity index is 599. The first-order chi connectivity index (χ1) is 11.6. The zero-order valence-electron chi connectivity index (χ0n) is 14.0. The molecule has 0 aromatic heterocycles. The minimum Gasteiger partial charge on any atom is -0.393 e. The van der Waals surface area contributed by atoms with Crippen molar-refractivity contribution >= 4 is 11.8 Å². The van der Waals surface area contributed by atoms with Crippen molar-refractivity contribution in [2.75, 3.05) is 6.54 Å². The van der Waals surface area contributed by atoms with Crippen LogP contribution in [0, 0.1) is 5.92 Å². The molecular weight excluding hydrogens is 304 g/mol. The van der Waals surface area contributed by atoms with Crippen molar-refractivity contribution in [2.45, 2.75) is 57.1 Å². The molecule has 1 aromatic carbocycles. The van der Waals surface area contributed by atoms with E-state index in [1.807, 2.05) is 4.90 Å². The number of carbonyl (C=O) groups excluding carboxylic acids is 2. The second-order valence-corrected chi connectivity index (χ2v) is 7.02. The highest BCUT2D eigenvalue weighted by atomic mass is 16.3. The predicted molar refractivity (Wildman–Crippen MR) is 91.6 cm³/mol. The van der Waals surface area contributed by atoms with Gasteiger partial charge in [0.15, 0.2) is 0 Å². The van der Waals surface area contributed by atoms with Crippen LogP contribution >= 0.6 is 0 Å². The van der Waals surface area contributed by atoms with E-state index in [0.29, 0.717) is 11.1 Å². The zero-order valence-corrected chi connectivity index (χ0v) is 14.0. The van der Waals surface area contributed by atoms with E-state index in [9.17, 15) is 14.7 Å². The van der Waals surface area contributed by atoms with E-state index in [0.717, 1.165) is 51.5 Å². The van der Waals surface area contributed by atoms with Crippen LogP contribution in [0.1, 0.15) is 65.7 Å². The molecule has 0 spiro atoms. The number of primary amides is 1. The minimum absolute atomic E-state index is 0.00602. The molecule has 2 amide bonds. The fourth-order valence-corrected chi connectivity index (χ4v) is 4.19. The summed E-state index contributed by atoms with van der Waals surface area (Å²) in [6, 6.07) is 6.67. The third-order valence-corrected chi connectivity index (χ3v) is 5.50. The summed E-state index contributed by atoms with van der Waals surface area (Å²) in [5.41, 5.74) is 6.24. The van der Waals surface area contributed by atoms with E-state index in [1.54, 1.807) is 24.3 Å². The second kappa shape index (κ2) is 7.34. The monoisotopic (exact) mass is 330 g/mol. The number of hydrogen-bond acceptors (Lipinski definition) is 3. The number of piperidine rings is 1. The van der Waals surface area contributed by atoms with Crippen LogP contribution in [0.5, 0.6) is 0 Å². The summed E-state index contributed by atoms with van der Waals surface area (Å²) in [5.74, 6) is -0.309. The Kier molecular flexibility index (Phi) is 5.19. The van der Waals surface area contributed by atoms with E-state index in [4.69, 9.17) is 5.73 Å². The molecule has 3 N–H and O–H groups in total. The van der Waals surface area contributed by atoms with Crippen LogP contribution in [0.3, 0.4) is 0 Å². The van der Waals surface area contributed by atoms with Gasteiger partial charge in [-0.05, 0) is 56.4 Å². The summed E-state index contributed by atoms with van der Waals surface area (Å²) in [5, 5.41) is 10.4. The molecule has 130 valence electrons. The van der Waals surface area contributed by atoms with E-state index >= 15 is 0 Å². The molecule has 0 bridgehead atoms. The first kappa shape index (κ1) is 17.0. The average Bonchev–Trinajstić information content (AvgIpc) is 2.62. The van der Waals surface area contributed by atoms with Gasteiger partial charge in [-0.2, -0.15) is 0 Å². The standard InChI is InChI=1S/C19H26N2O3/c20-18(23)13-8-10-14(11-9-13)19(24)21-12-4-3-6-16(21)15-5-1-2-7-17(15)22/h8-11,15-17,22H,1-7,12H2,(H2,20,23)/t15-,16-,17+/m1/s1. The summed E-state index contributed by atoms with van der Waals surface area (Å²) >= 11 is 0. The van der Waals surface area contributed by atoms with Gasteiger partial charge in [-0.25, -0.2) is 0 Å². The van der Waals surface area contributed by atoms with Crippen molar-refractivity contribution in [3.8, 4) is 0 Å². The lowest BCUT2D eigenvalue weighted by Crippen LogP contribution is -2.51. The number of likely N-dealkylation sites (tertiary alicyclic amines) is 1. The number of rotatable bonds is 3. The van der Waals surface area contributed by atoms with E-state index in [1.165, 1.54) is 0 Å². The van der Waals surface area contributed by atoms with E-state index in [2.05, 4.69) is 0 Å². The van der Waals surface area contributed by atoms with Gasteiger partial charge in [-0.15, -0.1) is 0 Å². The summed E-state index contributed by atoms with van der Waals surface area (Å²) in [7, 11) is 0. The van der Waals surface area contributed by atoms with Gasteiger partial charge < -0.3 is 15.7 Å². The summed E-state index contributed by atoms with van der Waals surface area (Å²) in [4.78, 5) is 26.1. The number of aliphatic hydroxyl groups excluding tert-OH is 1. The Labute approximate surface area is 142 Å². The molecule has 1 aromatic rings. The Balaban J connectivity index is 1.79. The third-order valence-electron chi connectivity index (χ3n) is 5.50. The first-order valence-electron chi connectivity index (χ1n) is 8.97. The third kappa shape index (κ3) is 3.46. The number of amides is 2. The molecule has 1 aliphatic carbocycles. The van der Waals surface area contributed by atoms with Crippen LogP contribution in [0.15, 0.2) is 24.3 Å². The van der Waals surface area contributed by atoms with Crippen molar-refractivity contribution in [2.24, 2.45) is 11.7 Å². The molecule has 2 fully saturated rings. The van der Waals surface area contributed by atoms with E-state index < -0.39 is 5.91 Å². The van der Waals surface area contributed by atoms with Crippen molar-refractivity contribution < 1.29 is 14.7 Å². The number of benzene rings is 1. The molecule has 3 atom stereocenters. The molecule has 1 heterocycles. The number of nitrogens with zero attached hydrogens (tertiary/aromatic N) is 1. The van der Waals surface area contributed by atoms with Crippen molar-refractivity contribution in [1.29, 1.82) is 0 Å². The maximum absolute atomic E-state index is 13.0. The predicted octanol–water partition coefficient (Wildman–Crippen LogP) is 2.33. The molecule has 0 unspecified atom stereocenters. The normalized spacial score (nSPS) is 27.7. The summed E-state index contributed by atoms with van der Waals surface area (Å²) < 4.78 is 0. The molecule has 2 aliphatic rings. The Morgan fingerprint density at radius 3 is 2.25 bits per heavy atom. The molecule has 5 nitrogen and oxygen atoms in total. The number of aliphatic hydroxyl groups is 1. The van der Waals surface area contributed by atoms with Crippen LogP contribution in [-0.4, -0.2) is 40.5 Å². The molecular formula is C19H26N2O3. The number of nitrogens with two attached hydrogens (primary N) is 1. The average molecular weight is 330 g/mol. The molecule has 3 rings (SSSR count). The van der Waals surface area contributed by atoms with Gasteiger partial charge >= 0.3 is 0 Å². The van der Waals surface area contributed by atoms with Gasteiger partial charge in [0, 0.05) is 29.6 Å². The fraction of sp³-hybridized carbons (Fsp3) is 0.579. The lowest BCUT2D eigenvalue weighted by atomic mass is 9.78. The topological polar surface area (TPSA) is 83.6 Å². The van der Waals surface area contributed by atoms with Crippen LogP contribution in [-0.2, 0) is 0 Å². The number of carbonyl (C=O) groups is 2. The van der Waals surface area contributed by atoms with Gasteiger partial charge in [-0.1, -0.05) is 12.8 Å². The highest BCUT2D eigenvalue weighted by molar-refractivity contribution is 5.97. The van der Waals surface area contributed by atoms with E-state index in [-0.39, 0.29) is 24.0 Å². The lowest BCUT2D eigenvalue weighted by Gasteiger charge is -2.43. The molecule has 24 heavy (non-hydrogen) atoms. The fourth-order valence-electron chi connectivity index (χ4n) is 4.19. The van der Waals surface area contributed by atoms with Gasteiger partial charge in [-0.3, -0.25) is 9.59 Å². The Hall–Kier alpha value is -1.88.